The zero-order valence-corrected chi connectivity index (χ0v) is 13.2. The molecule has 1 aromatic carbocycles. The number of carbonyl (C=O) groups excluding carboxylic acids is 2. The van der Waals surface area contributed by atoms with Gasteiger partial charge in [-0.1, -0.05) is 18.2 Å². The molecule has 23 heavy (non-hydrogen) atoms. The third kappa shape index (κ3) is 11.6. The predicted molar refractivity (Wildman–Crippen MR) is 82.3 cm³/mol. The third-order valence-electron chi connectivity index (χ3n) is 2.54. The molecule has 0 fully saturated rings. The van der Waals surface area contributed by atoms with Gasteiger partial charge >= 0.3 is 7.82 Å². The summed E-state index contributed by atoms with van der Waals surface area (Å²) >= 11 is 0. The Morgan fingerprint density at radius 3 is 2.13 bits per heavy atom. The number of aliphatic hydroxyl groups excluding tert-OH is 1. The van der Waals surface area contributed by atoms with Crippen LogP contribution in [0.3, 0.4) is 0 Å². The first-order valence-electron chi connectivity index (χ1n) is 6.67. The number of nitrogens with one attached hydrogen (secondary N) is 1. The number of phosphoric acid groups is 1. The van der Waals surface area contributed by atoms with Gasteiger partial charge in [0.2, 0.25) is 0 Å². The van der Waals surface area contributed by atoms with Crippen LogP contribution in [0.15, 0.2) is 30.3 Å². The molecule has 0 spiro atoms. The number of aliphatic hydroxyl groups is 1. The van der Waals surface area contributed by atoms with E-state index in [4.69, 9.17) is 30.1 Å². The van der Waals surface area contributed by atoms with Gasteiger partial charge in [-0.25, -0.2) is 4.57 Å². The van der Waals surface area contributed by atoms with Crippen molar-refractivity contribution in [2.24, 2.45) is 5.73 Å². The van der Waals surface area contributed by atoms with Crippen molar-refractivity contribution >= 4 is 19.5 Å². The van der Waals surface area contributed by atoms with Gasteiger partial charge in [0.15, 0.2) is 5.78 Å². The van der Waals surface area contributed by atoms with Crippen LogP contribution >= 0.6 is 7.82 Å². The number of Topliss-reactive ketones (excluding diaryl/α,β-unsaturated/α-hetero) is 1. The lowest BCUT2D eigenvalue weighted by Crippen LogP contribution is -2.43. The maximum Gasteiger partial charge on any atom is 0.466 e. The highest BCUT2D eigenvalue weighted by Crippen LogP contribution is 2.25. The Morgan fingerprint density at radius 1 is 1.17 bits per heavy atom. The molecule has 0 bridgehead atoms. The van der Waals surface area contributed by atoms with Crippen LogP contribution in [0.2, 0.25) is 0 Å². The normalized spacial score (nSPS) is 11.9. The smallest absolute Gasteiger partial charge is 0.394 e. The third-order valence-corrected chi connectivity index (χ3v) is 2.54. The molecule has 0 aliphatic heterocycles. The summed E-state index contributed by atoms with van der Waals surface area (Å²) in [6.07, 6.45) is 0.813. The molecule has 10 heteroatoms. The molecule has 1 aromatic rings. The Bertz CT molecular complexity index is 524. The van der Waals surface area contributed by atoms with Gasteiger partial charge in [0.25, 0.3) is 5.91 Å². The maximum absolute atomic E-state index is 11.8. The minimum absolute atomic E-state index is 0.202. The Hall–Kier alpha value is -1.61. The predicted octanol–water partition coefficient (Wildman–Crippen LogP) is -0.843. The lowest BCUT2D eigenvalue weighted by atomic mass is 10.1. The van der Waals surface area contributed by atoms with E-state index in [2.05, 4.69) is 5.32 Å². The summed E-state index contributed by atoms with van der Waals surface area (Å²) in [6, 6.07) is 7.71. The molecule has 1 atom stereocenters. The Morgan fingerprint density at radius 2 is 1.70 bits per heavy atom. The van der Waals surface area contributed by atoms with E-state index in [1.54, 1.807) is 30.3 Å². The number of amides is 1. The van der Waals surface area contributed by atoms with E-state index < -0.39 is 20.5 Å². The second-order valence-corrected chi connectivity index (χ2v) is 5.47. The van der Waals surface area contributed by atoms with Gasteiger partial charge in [-0.15, -0.1) is 0 Å². The van der Waals surface area contributed by atoms with E-state index >= 15 is 0 Å². The highest BCUT2D eigenvalue weighted by atomic mass is 31.2. The van der Waals surface area contributed by atoms with Crippen LogP contribution < -0.4 is 11.1 Å². The van der Waals surface area contributed by atoms with Gasteiger partial charge in [-0.3, -0.25) is 9.59 Å². The minimum atomic E-state index is -4.64. The van der Waals surface area contributed by atoms with Gasteiger partial charge in [0.1, 0.15) is 6.04 Å². The summed E-state index contributed by atoms with van der Waals surface area (Å²) in [7, 11) is -4.64. The second kappa shape index (κ2) is 11.0. The van der Waals surface area contributed by atoms with E-state index in [-0.39, 0.29) is 18.1 Å². The Kier molecular flexibility index (Phi) is 10.2. The van der Waals surface area contributed by atoms with Crippen molar-refractivity contribution in [3.05, 3.63) is 35.9 Å². The summed E-state index contributed by atoms with van der Waals surface area (Å²) in [5.74, 6) is -0.567. The number of carbonyl (C=O) groups is 2. The lowest BCUT2D eigenvalue weighted by Gasteiger charge is -2.15. The largest absolute Gasteiger partial charge is 0.466 e. The van der Waals surface area contributed by atoms with Crippen molar-refractivity contribution < 1.29 is 33.9 Å². The first-order chi connectivity index (χ1) is 10.7. The second-order valence-electron chi connectivity index (χ2n) is 4.45. The number of nitrogens with two attached hydrogens (primary N) is 1. The van der Waals surface area contributed by atoms with Gasteiger partial charge in [-0.05, 0) is 25.1 Å². The standard InChI is InChI=1S/C13H18N2O3.H3O4P/c14-8-4-7-12(17)11(9-16)15-13(18)10-5-2-1-3-6-10;1-5(2,3)4/h1-3,5-6,11,16H,4,7-9,14H2,(H,15,18);(H3,1,2,3,4). The highest BCUT2D eigenvalue weighted by molar-refractivity contribution is 7.45. The molecular weight excluding hydrogens is 327 g/mol. The van der Waals surface area contributed by atoms with Crippen molar-refractivity contribution in [1.29, 1.82) is 0 Å². The topological polar surface area (TPSA) is 170 Å². The summed E-state index contributed by atoms with van der Waals surface area (Å²) in [5.41, 5.74) is 5.77. The molecule has 1 unspecified atom stereocenters. The fraction of sp³-hybridized carbons (Fsp3) is 0.385. The van der Waals surface area contributed by atoms with Crippen LogP contribution in [0.25, 0.3) is 0 Å². The van der Waals surface area contributed by atoms with Crippen molar-refractivity contribution in [2.45, 2.75) is 18.9 Å². The quantitative estimate of drug-likeness (QED) is 0.346. The zero-order chi connectivity index (χ0) is 17.9. The molecule has 0 aliphatic rings. The van der Waals surface area contributed by atoms with Crippen LogP contribution in [-0.4, -0.2) is 50.7 Å². The first kappa shape index (κ1) is 21.4. The molecule has 130 valence electrons. The van der Waals surface area contributed by atoms with E-state index in [9.17, 15) is 9.59 Å². The molecule has 0 saturated heterocycles. The van der Waals surface area contributed by atoms with E-state index in [1.165, 1.54) is 0 Å². The number of hydrogen-bond donors (Lipinski definition) is 6. The maximum atomic E-state index is 11.8. The van der Waals surface area contributed by atoms with Crippen molar-refractivity contribution in [3.8, 4) is 0 Å². The summed E-state index contributed by atoms with van der Waals surface area (Å²) in [5, 5.41) is 11.6. The van der Waals surface area contributed by atoms with E-state index in [0.717, 1.165) is 0 Å². The molecular formula is C13H21N2O7P. The average Bonchev–Trinajstić information content (AvgIpc) is 2.49. The van der Waals surface area contributed by atoms with Crippen molar-refractivity contribution in [2.75, 3.05) is 13.2 Å². The average molecular weight is 348 g/mol. The zero-order valence-electron chi connectivity index (χ0n) is 12.3. The van der Waals surface area contributed by atoms with Gasteiger partial charge < -0.3 is 30.8 Å². The fourth-order valence-electron chi connectivity index (χ4n) is 1.51. The number of hydrogen-bond acceptors (Lipinski definition) is 5. The van der Waals surface area contributed by atoms with Crippen LogP contribution in [0.1, 0.15) is 23.2 Å². The number of ketones is 1. The first-order valence-corrected chi connectivity index (χ1v) is 8.23. The monoisotopic (exact) mass is 348 g/mol. The van der Waals surface area contributed by atoms with E-state index in [1.807, 2.05) is 0 Å². The van der Waals surface area contributed by atoms with Crippen LogP contribution in [0.4, 0.5) is 0 Å². The Labute approximate surface area is 133 Å². The van der Waals surface area contributed by atoms with Gasteiger partial charge in [0, 0.05) is 12.0 Å². The van der Waals surface area contributed by atoms with Gasteiger partial charge in [0.05, 0.1) is 6.61 Å². The minimum Gasteiger partial charge on any atom is -0.394 e. The van der Waals surface area contributed by atoms with Crippen LogP contribution in [0, 0.1) is 0 Å². The molecule has 7 N–H and O–H groups in total. The molecule has 0 aliphatic carbocycles. The van der Waals surface area contributed by atoms with Crippen LogP contribution in [0.5, 0.6) is 0 Å². The summed E-state index contributed by atoms with van der Waals surface area (Å²) in [4.78, 5) is 45.0. The van der Waals surface area contributed by atoms with Gasteiger partial charge in [-0.2, -0.15) is 0 Å². The molecule has 1 amide bonds. The number of rotatable bonds is 7. The molecule has 0 heterocycles. The summed E-state index contributed by atoms with van der Waals surface area (Å²) in [6.45, 7) is 0.0124. The molecule has 0 radical (unpaired) electrons. The molecule has 9 nitrogen and oxygen atoms in total. The highest BCUT2D eigenvalue weighted by Gasteiger charge is 2.19. The van der Waals surface area contributed by atoms with E-state index in [0.29, 0.717) is 18.5 Å². The lowest BCUT2D eigenvalue weighted by molar-refractivity contribution is -0.121. The molecule has 0 aromatic heterocycles. The summed E-state index contributed by atoms with van der Waals surface area (Å²) < 4.78 is 8.88. The van der Waals surface area contributed by atoms with Crippen LogP contribution in [-0.2, 0) is 9.36 Å². The Balaban J connectivity index is 0.000000841. The van der Waals surface area contributed by atoms with Crippen molar-refractivity contribution in [3.63, 3.8) is 0 Å². The fourth-order valence-corrected chi connectivity index (χ4v) is 1.51. The SMILES string of the molecule is NCCCC(=O)C(CO)NC(=O)c1ccccc1.O=P(O)(O)O. The molecule has 0 saturated carbocycles. The molecule has 1 rings (SSSR count). The van der Waals surface area contributed by atoms with Crippen molar-refractivity contribution in [1.82, 2.24) is 5.32 Å². The number of benzene rings is 1.